The van der Waals surface area contributed by atoms with Gasteiger partial charge in [0.15, 0.2) is 16.7 Å². The van der Waals surface area contributed by atoms with E-state index >= 15 is 0 Å². The van der Waals surface area contributed by atoms with Crippen LogP contribution in [0.25, 0.3) is 0 Å². The van der Waals surface area contributed by atoms with Crippen molar-refractivity contribution in [3.8, 4) is 17.2 Å². The number of anilines is 1. The molecule has 1 saturated heterocycles. The van der Waals surface area contributed by atoms with Gasteiger partial charge >= 0.3 is 0 Å². The molecule has 1 N–H and O–H groups in total. The van der Waals surface area contributed by atoms with Crippen molar-refractivity contribution in [2.75, 3.05) is 18.7 Å². The predicted molar refractivity (Wildman–Crippen MR) is 139 cm³/mol. The Labute approximate surface area is 217 Å². The number of nitrogens with zero attached hydrogens (tertiary/aromatic N) is 2. The van der Waals surface area contributed by atoms with Crippen LogP contribution in [0.5, 0.6) is 17.2 Å². The van der Waals surface area contributed by atoms with Gasteiger partial charge in [0.1, 0.15) is 16.8 Å². The van der Waals surface area contributed by atoms with Gasteiger partial charge in [-0.1, -0.05) is 17.8 Å². The number of ether oxygens (including phenoxy) is 3. The lowest BCUT2D eigenvalue weighted by molar-refractivity contribution is -0.129. The summed E-state index contributed by atoms with van der Waals surface area (Å²) in [6.45, 7) is 2.87. The van der Waals surface area contributed by atoms with Gasteiger partial charge in [0.05, 0.1) is 18.8 Å². The zero-order valence-corrected chi connectivity index (χ0v) is 20.8. The van der Waals surface area contributed by atoms with E-state index in [2.05, 4.69) is 5.32 Å². The first-order valence-corrected chi connectivity index (χ1v) is 12.6. The second kappa shape index (κ2) is 10.9. The molecule has 2 amide bonds. The number of thioether (sulfide) groups is 1. The van der Waals surface area contributed by atoms with E-state index < -0.39 is 11.1 Å². The van der Waals surface area contributed by atoms with Crippen molar-refractivity contribution in [2.24, 2.45) is 4.99 Å². The van der Waals surface area contributed by atoms with Crippen LogP contribution in [0.1, 0.15) is 18.9 Å². The third-order valence-corrected chi connectivity index (χ3v) is 6.88. The number of aliphatic imine (C=N–C) groups is 1. The number of rotatable bonds is 7. The lowest BCUT2D eigenvalue weighted by Gasteiger charge is -2.32. The van der Waals surface area contributed by atoms with E-state index in [4.69, 9.17) is 19.2 Å². The summed E-state index contributed by atoms with van der Waals surface area (Å²) in [5.74, 6) is 1.00. The molecular weight excluding hydrogens is 497 g/mol. The topological polar surface area (TPSA) is 89.5 Å². The quantitative estimate of drug-likeness (QED) is 0.465. The number of benzene rings is 3. The molecule has 1 atom stereocenters. The van der Waals surface area contributed by atoms with Crippen LogP contribution in [-0.4, -0.2) is 40.5 Å². The summed E-state index contributed by atoms with van der Waals surface area (Å²) in [7, 11) is 0. The standard InChI is InChI=1S/C27H24FN3O5S/c1-2-34-21-10-8-20(9-11-21)30-27-31(15-17-3-12-22-23(13-17)36-16-35-22)25(32)14-24(37-27)26(33)29-19-6-4-18(28)5-7-19/h3-13,24H,2,14-16H2,1H3,(H,29,33)/t24-/m1/s1. The molecule has 10 heteroatoms. The molecule has 2 aliphatic rings. The molecule has 5 rings (SSSR count). The van der Waals surface area contributed by atoms with Gasteiger partial charge in [-0.2, -0.15) is 0 Å². The van der Waals surface area contributed by atoms with Gasteiger partial charge in [-0.15, -0.1) is 0 Å². The van der Waals surface area contributed by atoms with Gasteiger partial charge in [-0.3, -0.25) is 14.5 Å². The summed E-state index contributed by atoms with van der Waals surface area (Å²) in [4.78, 5) is 32.6. The Hall–Kier alpha value is -4.05. The molecule has 0 spiro atoms. The monoisotopic (exact) mass is 521 g/mol. The number of hydrogen-bond donors (Lipinski definition) is 1. The zero-order valence-electron chi connectivity index (χ0n) is 20.0. The molecule has 3 aromatic carbocycles. The minimum Gasteiger partial charge on any atom is -0.494 e. The molecule has 2 aliphatic heterocycles. The molecule has 0 saturated carbocycles. The van der Waals surface area contributed by atoms with Crippen molar-refractivity contribution in [2.45, 2.75) is 25.1 Å². The van der Waals surface area contributed by atoms with Crippen LogP contribution in [0.4, 0.5) is 15.8 Å². The van der Waals surface area contributed by atoms with E-state index in [0.717, 1.165) is 5.56 Å². The largest absolute Gasteiger partial charge is 0.494 e. The molecule has 1 fully saturated rings. The van der Waals surface area contributed by atoms with Crippen LogP contribution in [-0.2, 0) is 16.1 Å². The Kier molecular flexibility index (Phi) is 7.27. The maximum absolute atomic E-state index is 13.3. The number of fused-ring (bicyclic) bond motifs is 1. The van der Waals surface area contributed by atoms with E-state index in [1.54, 1.807) is 35.2 Å². The molecule has 0 radical (unpaired) electrons. The predicted octanol–water partition coefficient (Wildman–Crippen LogP) is 5.11. The van der Waals surface area contributed by atoms with Crippen LogP contribution in [0.2, 0.25) is 0 Å². The highest BCUT2D eigenvalue weighted by atomic mass is 32.2. The minimum atomic E-state index is -0.702. The second-order valence-electron chi connectivity index (χ2n) is 8.30. The molecule has 0 unspecified atom stereocenters. The van der Waals surface area contributed by atoms with Gasteiger partial charge < -0.3 is 19.5 Å². The Morgan fingerprint density at radius 1 is 1.11 bits per heavy atom. The van der Waals surface area contributed by atoms with Crippen LogP contribution in [0.15, 0.2) is 71.7 Å². The summed E-state index contributed by atoms with van der Waals surface area (Å²) < 4.78 is 29.6. The maximum atomic E-state index is 13.3. The molecule has 0 aliphatic carbocycles. The highest BCUT2D eigenvalue weighted by molar-refractivity contribution is 8.15. The summed E-state index contributed by atoms with van der Waals surface area (Å²) >= 11 is 1.21. The summed E-state index contributed by atoms with van der Waals surface area (Å²) in [5, 5.41) is 2.46. The lowest BCUT2D eigenvalue weighted by atomic mass is 10.1. The van der Waals surface area contributed by atoms with E-state index in [0.29, 0.717) is 40.4 Å². The maximum Gasteiger partial charge on any atom is 0.238 e. The fourth-order valence-electron chi connectivity index (χ4n) is 3.87. The number of carbonyl (C=O) groups excluding carboxylic acids is 2. The third-order valence-electron chi connectivity index (χ3n) is 5.69. The second-order valence-corrected chi connectivity index (χ2v) is 9.47. The van der Waals surface area contributed by atoms with Crippen LogP contribution in [0.3, 0.4) is 0 Å². The SMILES string of the molecule is CCOc1ccc(N=C2S[C@@H](C(=O)Nc3ccc(F)cc3)CC(=O)N2Cc2ccc3c(c2)OCO3)cc1. The normalized spacial score (nSPS) is 17.7. The number of amides is 2. The van der Waals surface area contributed by atoms with E-state index in [-0.39, 0.29) is 31.6 Å². The third kappa shape index (κ3) is 5.86. The fourth-order valence-corrected chi connectivity index (χ4v) is 4.97. The van der Waals surface area contributed by atoms with Crippen LogP contribution < -0.4 is 19.5 Å². The Bertz CT molecular complexity index is 1330. The highest BCUT2D eigenvalue weighted by Gasteiger charge is 2.36. The van der Waals surface area contributed by atoms with Gasteiger partial charge in [0.2, 0.25) is 18.6 Å². The van der Waals surface area contributed by atoms with Gasteiger partial charge in [0.25, 0.3) is 0 Å². The number of amidine groups is 1. The average molecular weight is 522 g/mol. The summed E-state index contributed by atoms with van der Waals surface area (Å²) in [6, 6.07) is 18.2. The summed E-state index contributed by atoms with van der Waals surface area (Å²) in [6.07, 6.45) is -0.00938. The van der Waals surface area contributed by atoms with Crippen molar-refractivity contribution >= 4 is 40.1 Å². The molecule has 8 nitrogen and oxygen atoms in total. The minimum absolute atomic E-state index is 0.00938. The smallest absolute Gasteiger partial charge is 0.238 e. The van der Waals surface area contributed by atoms with Crippen molar-refractivity contribution in [3.63, 3.8) is 0 Å². The number of nitrogens with one attached hydrogen (secondary N) is 1. The van der Waals surface area contributed by atoms with Crippen molar-refractivity contribution in [3.05, 3.63) is 78.1 Å². The summed E-state index contributed by atoms with van der Waals surface area (Å²) in [5.41, 5.74) is 1.91. The number of hydrogen-bond acceptors (Lipinski definition) is 7. The molecule has 3 aromatic rings. The molecular formula is C27H24FN3O5S. The first-order valence-electron chi connectivity index (χ1n) is 11.7. The van der Waals surface area contributed by atoms with Crippen molar-refractivity contribution in [1.29, 1.82) is 0 Å². The molecule has 190 valence electrons. The Balaban J connectivity index is 1.40. The molecule has 0 aromatic heterocycles. The van der Waals surface area contributed by atoms with Gasteiger partial charge in [-0.05, 0) is 73.2 Å². The first-order chi connectivity index (χ1) is 18.0. The van der Waals surface area contributed by atoms with E-state index in [9.17, 15) is 14.0 Å². The molecule has 2 heterocycles. The zero-order chi connectivity index (χ0) is 25.8. The van der Waals surface area contributed by atoms with Gasteiger partial charge in [0, 0.05) is 12.1 Å². The lowest BCUT2D eigenvalue weighted by Crippen LogP contribution is -2.44. The average Bonchev–Trinajstić information content (AvgIpc) is 3.36. The highest BCUT2D eigenvalue weighted by Crippen LogP contribution is 2.35. The van der Waals surface area contributed by atoms with E-state index in [1.807, 2.05) is 19.1 Å². The fraction of sp³-hybridized carbons (Fsp3) is 0.222. The number of halogens is 1. The molecule has 37 heavy (non-hydrogen) atoms. The van der Waals surface area contributed by atoms with Crippen molar-refractivity contribution in [1.82, 2.24) is 4.90 Å². The van der Waals surface area contributed by atoms with Crippen LogP contribution in [0, 0.1) is 5.82 Å². The van der Waals surface area contributed by atoms with Crippen molar-refractivity contribution < 1.29 is 28.2 Å². The Morgan fingerprint density at radius 3 is 2.62 bits per heavy atom. The van der Waals surface area contributed by atoms with Crippen LogP contribution >= 0.6 is 11.8 Å². The van der Waals surface area contributed by atoms with Gasteiger partial charge in [-0.25, -0.2) is 9.38 Å². The number of carbonyl (C=O) groups is 2. The van der Waals surface area contributed by atoms with E-state index in [1.165, 1.54) is 36.0 Å². The molecule has 0 bridgehead atoms. The first kappa shape index (κ1) is 24.6. The Morgan fingerprint density at radius 2 is 1.86 bits per heavy atom.